The molecule has 36 heavy (non-hydrogen) atoms. The Morgan fingerprint density at radius 1 is 1.14 bits per heavy atom. The zero-order valence-electron chi connectivity index (χ0n) is 19.9. The number of carboxylic acid groups (broad SMARTS) is 1. The molecule has 0 aliphatic carbocycles. The first-order valence-corrected chi connectivity index (χ1v) is 14.3. The molecule has 0 saturated heterocycles. The van der Waals surface area contributed by atoms with Gasteiger partial charge >= 0.3 is 5.97 Å². The number of thiophene rings is 2. The number of aryl methyl sites for hydroxylation is 2. The Labute approximate surface area is 216 Å². The van der Waals surface area contributed by atoms with Gasteiger partial charge in [-0.1, -0.05) is 18.2 Å². The molecule has 0 amide bonds. The number of aliphatic carboxylic acids is 1. The molecule has 0 bridgehead atoms. The van der Waals surface area contributed by atoms with Gasteiger partial charge in [0, 0.05) is 21.7 Å². The van der Waals surface area contributed by atoms with Crippen molar-refractivity contribution in [3.63, 3.8) is 0 Å². The highest BCUT2D eigenvalue weighted by molar-refractivity contribution is 7.94. The second kappa shape index (κ2) is 8.95. The van der Waals surface area contributed by atoms with Gasteiger partial charge in [0.15, 0.2) is 5.82 Å². The van der Waals surface area contributed by atoms with Gasteiger partial charge in [0.1, 0.15) is 21.1 Å². The Hall–Kier alpha value is -3.35. The van der Waals surface area contributed by atoms with Gasteiger partial charge in [0.25, 0.3) is 10.0 Å². The summed E-state index contributed by atoms with van der Waals surface area (Å²) in [5, 5.41) is 21.0. The van der Waals surface area contributed by atoms with Gasteiger partial charge in [-0.3, -0.25) is 19.1 Å². The summed E-state index contributed by atoms with van der Waals surface area (Å²) >= 11 is 2.73. The Balaban J connectivity index is 1.63. The first kappa shape index (κ1) is 24.3. The summed E-state index contributed by atoms with van der Waals surface area (Å²) in [6.45, 7) is 7.50. The molecule has 1 aliphatic heterocycles. The predicted molar refractivity (Wildman–Crippen MR) is 140 cm³/mol. The van der Waals surface area contributed by atoms with E-state index in [1.807, 2.05) is 25.3 Å². The number of hydrogen-bond acceptors (Lipinski definition) is 8. The Morgan fingerprint density at radius 3 is 2.50 bits per heavy atom. The Morgan fingerprint density at radius 2 is 1.86 bits per heavy atom. The van der Waals surface area contributed by atoms with Crippen LogP contribution >= 0.6 is 22.7 Å². The van der Waals surface area contributed by atoms with Crippen LogP contribution in [0, 0.1) is 26.7 Å². The average Bonchev–Trinajstić information content (AvgIpc) is 3.54. The Kier molecular flexibility index (Phi) is 6.05. The number of fused-ring (bicyclic) bond motifs is 3. The van der Waals surface area contributed by atoms with Crippen molar-refractivity contribution in [3.05, 3.63) is 75.0 Å². The summed E-state index contributed by atoms with van der Waals surface area (Å²) < 4.78 is 30.0. The second-order valence-corrected chi connectivity index (χ2v) is 12.6. The van der Waals surface area contributed by atoms with E-state index in [9.17, 15) is 18.3 Å². The summed E-state index contributed by atoms with van der Waals surface area (Å²) in [6.07, 6.45) is 0. The van der Waals surface area contributed by atoms with Crippen molar-refractivity contribution in [2.24, 2.45) is 10.9 Å². The van der Waals surface area contributed by atoms with E-state index in [4.69, 9.17) is 4.99 Å². The van der Waals surface area contributed by atoms with Crippen molar-refractivity contribution in [3.8, 4) is 5.00 Å². The molecule has 9 nitrogen and oxygen atoms in total. The van der Waals surface area contributed by atoms with Crippen LogP contribution in [0.5, 0.6) is 0 Å². The molecule has 2 N–H and O–H groups in total. The minimum atomic E-state index is -3.67. The van der Waals surface area contributed by atoms with Crippen molar-refractivity contribution in [2.45, 2.75) is 37.9 Å². The third-order valence-corrected chi connectivity index (χ3v) is 10.2. The number of nitrogens with zero attached hydrogens (tertiary/aromatic N) is 4. The molecule has 0 fully saturated rings. The lowest BCUT2D eigenvalue weighted by atomic mass is 9.98. The fourth-order valence-electron chi connectivity index (χ4n) is 4.14. The average molecular weight is 542 g/mol. The van der Waals surface area contributed by atoms with Gasteiger partial charge in [-0.25, -0.2) is 8.42 Å². The Bertz CT molecular complexity index is 1600. The number of aromatic nitrogens is 3. The van der Waals surface area contributed by atoms with Crippen LogP contribution in [0.3, 0.4) is 0 Å². The van der Waals surface area contributed by atoms with Crippen LogP contribution < -0.4 is 4.72 Å². The summed E-state index contributed by atoms with van der Waals surface area (Å²) in [5.41, 5.74) is 3.74. The molecule has 1 unspecified atom stereocenters. The summed E-state index contributed by atoms with van der Waals surface area (Å²) in [5.74, 6) is -0.675. The van der Waals surface area contributed by atoms with Crippen molar-refractivity contribution in [2.75, 3.05) is 4.72 Å². The molecule has 0 radical (unpaired) electrons. The van der Waals surface area contributed by atoms with Crippen molar-refractivity contribution < 1.29 is 18.3 Å². The molecule has 3 aromatic heterocycles. The molecular formula is C24H23N5O4S3. The minimum Gasteiger partial charge on any atom is -0.481 e. The molecule has 5 rings (SSSR count). The van der Waals surface area contributed by atoms with Crippen LogP contribution in [0.1, 0.15) is 46.2 Å². The van der Waals surface area contributed by atoms with Gasteiger partial charge in [-0.2, -0.15) is 0 Å². The normalized spacial score (nSPS) is 16.0. The van der Waals surface area contributed by atoms with E-state index >= 15 is 0 Å². The van der Waals surface area contributed by atoms with Gasteiger partial charge in [-0.15, -0.1) is 32.9 Å². The second-order valence-electron chi connectivity index (χ2n) is 8.57. The summed E-state index contributed by atoms with van der Waals surface area (Å²) in [7, 11) is -3.67. The van der Waals surface area contributed by atoms with Gasteiger partial charge in [-0.05, 0) is 56.8 Å². The predicted octanol–water partition coefficient (Wildman–Crippen LogP) is 4.73. The molecule has 186 valence electrons. The molecular weight excluding hydrogens is 518 g/mol. The molecule has 0 saturated carbocycles. The number of benzene rings is 1. The monoisotopic (exact) mass is 541 g/mol. The quantitative estimate of drug-likeness (QED) is 0.363. The summed E-state index contributed by atoms with van der Waals surface area (Å²) in [4.78, 5) is 18.1. The highest BCUT2D eigenvalue weighted by atomic mass is 32.2. The highest BCUT2D eigenvalue weighted by Gasteiger charge is 2.36. The van der Waals surface area contributed by atoms with E-state index in [0.29, 0.717) is 23.0 Å². The van der Waals surface area contributed by atoms with Crippen LogP contribution in [0.15, 0.2) is 51.0 Å². The number of nitrogens with one attached hydrogen (secondary N) is 1. The number of sulfonamides is 1. The SMILES string of the molecule is Cc1sc2c(c1C)C(c1ccc(NS(=O)(=O)c3cccs3)cc1)=N[C@@H](C(C)C(=O)O)c1nnc(C)n1-2. The number of anilines is 1. The third-order valence-electron chi connectivity index (χ3n) is 6.22. The molecule has 1 aromatic carbocycles. The number of carboxylic acids is 1. The molecule has 2 atom stereocenters. The molecule has 12 heteroatoms. The van der Waals surface area contributed by atoms with Crippen molar-refractivity contribution in [1.29, 1.82) is 0 Å². The van der Waals surface area contributed by atoms with Crippen LogP contribution in [0.25, 0.3) is 5.00 Å². The van der Waals surface area contributed by atoms with Gasteiger partial charge < -0.3 is 5.11 Å². The number of aliphatic imine (C=N–C) groups is 1. The zero-order chi connectivity index (χ0) is 25.8. The smallest absolute Gasteiger partial charge is 0.308 e. The van der Waals surface area contributed by atoms with Crippen LogP contribution in [0.2, 0.25) is 0 Å². The van der Waals surface area contributed by atoms with E-state index in [1.54, 1.807) is 60.0 Å². The molecule has 4 aromatic rings. The number of carbonyl (C=O) groups is 1. The lowest BCUT2D eigenvalue weighted by molar-refractivity contribution is -0.141. The highest BCUT2D eigenvalue weighted by Crippen LogP contribution is 2.40. The van der Waals surface area contributed by atoms with Gasteiger partial charge in [0.2, 0.25) is 0 Å². The first-order chi connectivity index (χ1) is 17.1. The van der Waals surface area contributed by atoms with Crippen molar-refractivity contribution >= 4 is 50.1 Å². The standard InChI is InChI=1S/C24H23N5O4S3/c1-12-14(3)35-23-19(12)21(25-20(13(2)24(30)31)22-27-26-15(4)29(22)23)16-7-9-17(10-8-16)28-36(32,33)18-6-5-11-34-18/h5-11,13,20,28H,1-4H3,(H,30,31)/t13?,20-/m0/s1. The van der Waals surface area contributed by atoms with Crippen LogP contribution in [-0.4, -0.2) is 40.0 Å². The van der Waals surface area contributed by atoms with E-state index in [1.165, 1.54) is 0 Å². The minimum absolute atomic E-state index is 0.234. The topological polar surface area (TPSA) is 127 Å². The molecule has 4 heterocycles. The molecule has 1 aliphatic rings. The third kappa shape index (κ3) is 4.04. The van der Waals surface area contributed by atoms with Gasteiger partial charge in [0.05, 0.1) is 11.6 Å². The van der Waals surface area contributed by atoms with Crippen molar-refractivity contribution in [1.82, 2.24) is 14.8 Å². The number of hydrogen-bond donors (Lipinski definition) is 2. The van der Waals surface area contributed by atoms with Crippen LogP contribution in [-0.2, 0) is 14.8 Å². The first-order valence-electron chi connectivity index (χ1n) is 11.1. The fraction of sp³-hybridized carbons (Fsp3) is 0.250. The fourth-order valence-corrected chi connectivity index (χ4v) is 7.40. The lowest BCUT2D eigenvalue weighted by Crippen LogP contribution is -2.21. The maximum absolute atomic E-state index is 12.6. The van der Waals surface area contributed by atoms with E-state index in [0.717, 1.165) is 37.9 Å². The van der Waals surface area contributed by atoms with Crippen LogP contribution in [0.4, 0.5) is 5.69 Å². The zero-order valence-corrected chi connectivity index (χ0v) is 22.3. The van der Waals surface area contributed by atoms with E-state index in [-0.39, 0.29) is 4.21 Å². The molecule has 0 spiro atoms. The largest absolute Gasteiger partial charge is 0.481 e. The summed E-state index contributed by atoms with van der Waals surface area (Å²) in [6, 6.07) is 9.44. The maximum atomic E-state index is 12.6. The van der Waals surface area contributed by atoms with E-state index < -0.39 is 28.0 Å². The lowest BCUT2D eigenvalue weighted by Gasteiger charge is -2.16. The van der Waals surface area contributed by atoms with E-state index in [2.05, 4.69) is 14.9 Å². The number of rotatable bonds is 6. The maximum Gasteiger partial charge on any atom is 0.308 e.